The lowest BCUT2D eigenvalue weighted by Crippen LogP contribution is -2.61. The quantitative estimate of drug-likeness (QED) is 0.655. The minimum absolute atomic E-state index is 0.0782. The summed E-state index contributed by atoms with van der Waals surface area (Å²) in [5.74, 6) is -0.542. The van der Waals surface area contributed by atoms with E-state index in [4.69, 9.17) is 0 Å². The Balaban J connectivity index is 1.86. The molecule has 0 bridgehead atoms. The molecule has 1 saturated carbocycles. The van der Waals surface area contributed by atoms with Crippen molar-refractivity contribution in [1.82, 2.24) is 13.9 Å². The normalized spacial score (nSPS) is 30.6. The van der Waals surface area contributed by atoms with Crippen molar-refractivity contribution in [1.29, 1.82) is 0 Å². The van der Waals surface area contributed by atoms with Crippen LogP contribution in [-0.2, 0) is 23.2 Å². The van der Waals surface area contributed by atoms with Crippen LogP contribution in [0.25, 0.3) is 0 Å². The average Bonchev–Trinajstić information content (AvgIpc) is 3.03. The maximum Gasteiger partial charge on any atom is 0.347 e. The predicted molar refractivity (Wildman–Crippen MR) is 126 cm³/mol. The zero-order valence-corrected chi connectivity index (χ0v) is 20.3. The highest BCUT2D eigenvalue weighted by atomic mass is 16.3. The van der Waals surface area contributed by atoms with Crippen LogP contribution < -0.4 is 11.4 Å². The molecular formula is C26H29N3O5. The highest BCUT2D eigenvalue weighted by Crippen LogP contribution is 2.66. The number of carbonyl (C=O) groups excluding carboxylic acids is 2. The first kappa shape index (κ1) is 22.4. The molecule has 2 heterocycles. The maximum atomic E-state index is 14.0. The molecule has 178 valence electrons. The second kappa shape index (κ2) is 6.81. The van der Waals surface area contributed by atoms with E-state index < -0.39 is 34.2 Å². The third kappa shape index (κ3) is 2.43. The number of carbonyl (C=O) groups is 2. The first-order valence-corrected chi connectivity index (χ1v) is 11.5. The summed E-state index contributed by atoms with van der Waals surface area (Å²) in [5, 5.41) is 10.2. The van der Waals surface area contributed by atoms with Gasteiger partial charge in [0, 0.05) is 18.4 Å². The van der Waals surface area contributed by atoms with Crippen LogP contribution in [0.5, 0.6) is 5.75 Å². The van der Waals surface area contributed by atoms with E-state index in [0.717, 1.165) is 15.7 Å². The van der Waals surface area contributed by atoms with Crippen molar-refractivity contribution >= 4 is 11.6 Å². The number of rotatable bonds is 1. The fourth-order valence-corrected chi connectivity index (χ4v) is 6.54. The maximum absolute atomic E-state index is 14.0. The Labute approximate surface area is 196 Å². The Morgan fingerprint density at radius 2 is 1.62 bits per heavy atom. The van der Waals surface area contributed by atoms with Crippen LogP contribution in [0, 0.1) is 17.8 Å². The highest BCUT2D eigenvalue weighted by Gasteiger charge is 2.66. The number of benzene rings is 1. The van der Waals surface area contributed by atoms with Gasteiger partial charge in [0.2, 0.25) is 0 Å². The molecule has 8 heteroatoms. The molecule has 0 unspecified atom stereocenters. The molecular weight excluding hydrogens is 434 g/mol. The number of phenols is 1. The predicted octanol–water partition coefficient (Wildman–Crippen LogP) is 2.53. The number of phenolic OH excluding ortho intramolecular Hbond substituents is 1. The SMILES string of the molecule is CC1=C(C)C(=O)[C@@]2(C)[C@@H](c3ccc(O)c(C)c3)C3=CCn4c(=O)n(C)c(=O)n4[C@@H]3C[C@@]2(C)C1=O. The van der Waals surface area contributed by atoms with Crippen LogP contribution in [0.1, 0.15) is 57.2 Å². The Bertz CT molecular complexity index is 1480. The van der Waals surface area contributed by atoms with Crippen molar-refractivity contribution in [2.75, 3.05) is 0 Å². The molecule has 5 rings (SSSR count). The van der Waals surface area contributed by atoms with Gasteiger partial charge in [-0.1, -0.05) is 32.1 Å². The number of allylic oxidation sites excluding steroid dienone is 4. The van der Waals surface area contributed by atoms with Crippen molar-refractivity contribution in [3.8, 4) is 5.75 Å². The Morgan fingerprint density at radius 3 is 2.26 bits per heavy atom. The Hall–Kier alpha value is -3.42. The molecule has 1 N–H and O–H groups in total. The van der Waals surface area contributed by atoms with Gasteiger partial charge in [-0.2, -0.15) is 0 Å². The standard InChI is InChI=1S/C26H29N3O5/c1-13-11-16(7-8-19(13)30)20-17-9-10-28-23(33)27(6)24(34)29(28)18(17)12-25(4)21(31)14(2)15(3)22(32)26(20,25)5/h7-9,11,18,20,30H,10,12H2,1-6H3/t18-,20+,25+,26-/m1/s1. The van der Waals surface area contributed by atoms with Crippen molar-refractivity contribution < 1.29 is 14.7 Å². The summed E-state index contributed by atoms with van der Waals surface area (Å²) in [6, 6.07) is 4.69. The fourth-order valence-electron chi connectivity index (χ4n) is 6.54. The summed E-state index contributed by atoms with van der Waals surface area (Å²) < 4.78 is 3.95. The lowest BCUT2D eigenvalue weighted by Gasteiger charge is -2.58. The summed E-state index contributed by atoms with van der Waals surface area (Å²) in [5.41, 5.74) is 0.189. The number of ketones is 2. The van der Waals surface area contributed by atoms with Crippen LogP contribution in [0.4, 0.5) is 0 Å². The first-order chi connectivity index (χ1) is 15.9. The molecule has 0 radical (unpaired) electrons. The van der Waals surface area contributed by atoms with Gasteiger partial charge in [-0.15, -0.1) is 0 Å². The molecule has 34 heavy (non-hydrogen) atoms. The largest absolute Gasteiger partial charge is 0.508 e. The molecule has 8 nitrogen and oxygen atoms in total. The van der Waals surface area contributed by atoms with Crippen molar-refractivity contribution in [2.24, 2.45) is 17.9 Å². The minimum Gasteiger partial charge on any atom is -0.508 e. The van der Waals surface area contributed by atoms with Gasteiger partial charge in [-0.05, 0) is 61.1 Å². The molecule has 1 aliphatic heterocycles. The molecule has 1 fully saturated rings. The molecule has 4 atom stereocenters. The van der Waals surface area contributed by atoms with Crippen molar-refractivity contribution in [3.63, 3.8) is 0 Å². The molecule has 0 saturated heterocycles. The van der Waals surface area contributed by atoms with Crippen LogP contribution >= 0.6 is 0 Å². The first-order valence-electron chi connectivity index (χ1n) is 11.5. The fraction of sp³-hybridized carbons (Fsp3) is 0.462. The number of hydrogen-bond donors (Lipinski definition) is 1. The van der Waals surface area contributed by atoms with Gasteiger partial charge in [0.15, 0.2) is 11.6 Å². The second-order valence-corrected chi connectivity index (χ2v) is 10.4. The summed E-state index contributed by atoms with van der Waals surface area (Å²) >= 11 is 0. The zero-order valence-electron chi connectivity index (χ0n) is 20.3. The van der Waals surface area contributed by atoms with Gasteiger partial charge >= 0.3 is 11.4 Å². The number of nitrogens with zero attached hydrogens (tertiary/aromatic N) is 3. The van der Waals surface area contributed by atoms with E-state index in [-0.39, 0.29) is 30.3 Å². The van der Waals surface area contributed by atoms with E-state index in [1.54, 1.807) is 32.9 Å². The van der Waals surface area contributed by atoms with Gasteiger partial charge in [-0.3, -0.25) is 9.59 Å². The number of fused-ring (bicyclic) bond motifs is 4. The Morgan fingerprint density at radius 1 is 0.971 bits per heavy atom. The number of Topliss-reactive ketones (excluding diaryl/α,β-unsaturated/α-hetero) is 2. The van der Waals surface area contributed by atoms with E-state index in [2.05, 4.69) is 0 Å². The lowest BCUT2D eigenvalue weighted by molar-refractivity contribution is -0.151. The summed E-state index contributed by atoms with van der Waals surface area (Å²) in [7, 11) is 1.45. The third-order valence-electron chi connectivity index (χ3n) is 8.86. The van der Waals surface area contributed by atoms with Crippen molar-refractivity contribution in [2.45, 2.75) is 59.5 Å². The van der Waals surface area contributed by atoms with Crippen LogP contribution in [0.2, 0.25) is 0 Å². The molecule has 3 aliphatic rings. The van der Waals surface area contributed by atoms with Gasteiger partial charge in [0.25, 0.3) is 0 Å². The second-order valence-electron chi connectivity index (χ2n) is 10.4. The van der Waals surface area contributed by atoms with E-state index in [0.29, 0.717) is 16.7 Å². The third-order valence-corrected chi connectivity index (χ3v) is 8.86. The van der Waals surface area contributed by atoms with Gasteiger partial charge < -0.3 is 5.11 Å². The molecule has 0 spiro atoms. The molecule has 2 aromatic rings. The molecule has 0 amide bonds. The molecule has 1 aromatic carbocycles. The van der Waals surface area contributed by atoms with Crippen LogP contribution in [0.3, 0.4) is 0 Å². The van der Waals surface area contributed by atoms with E-state index in [1.807, 2.05) is 26.0 Å². The number of aromatic nitrogens is 3. The molecule has 1 aromatic heterocycles. The van der Waals surface area contributed by atoms with Gasteiger partial charge in [0.1, 0.15) is 5.75 Å². The van der Waals surface area contributed by atoms with Gasteiger partial charge in [0.05, 0.1) is 18.0 Å². The number of hydrogen-bond acceptors (Lipinski definition) is 5. The topological polar surface area (TPSA) is 103 Å². The van der Waals surface area contributed by atoms with Crippen LogP contribution in [-0.4, -0.2) is 30.6 Å². The zero-order chi connectivity index (χ0) is 24.9. The lowest BCUT2D eigenvalue weighted by atomic mass is 9.43. The monoisotopic (exact) mass is 463 g/mol. The van der Waals surface area contributed by atoms with Crippen LogP contribution in [0.15, 0.2) is 50.6 Å². The average molecular weight is 464 g/mol. The smallest absolute Gasteiger partial charge is 0.347 e. The number of aromatic hydroxyl groups is 1. The van der Waals surface area contributed by atoms with Crippen molar-refractivity contribution in [3.05, 3.63) is 73.1 Å². The highest BCUT2D eigenvalue weighted by molar-refractivity contribution is 6.17. The molecule has 2 aliphatic carbocycles. The van der Waals surface area contributed by atoms with E-state index >= 15 is 0 Å². The summed E-state index contributed by atoms with van der Waals surface area (Å²) in [6.07, 6.45) is 2.17. The van der Waals surface area contributed by atoms with Gasteiger partial charge in [-0.25, -0.2) is 23.5 Å². The summed E-state index contributed by atoms with van der Waals surface area (Å²) in [6.45, 7) is 9.08. The van der Waals surface area contributed by atoms with E-state index in [1.165, 1.54) is 16.4 Å². The Kier molecular flexibility index (Phi) is 4.48. The summed E-state index contributed by atoms with van der Waals surface area (Å²) in [4.78, 5) is 53.7. The van der Waals surface area contributed by atoms with E-state index in [9.17, 15) is 24.3 Å². The minimum atomic E-state index is -1.10. The number of aryl methyl sites for hydroxylation is 1.